The van der Waals surface area contributed by atoms with Gasteiger partial charge < -0.3 is 20.3 Å². The average molecular weight is 598 g/mol. The molecule has 6 nitrogen and oxygen atoms in total. The van der Waals surface area contributed by atoms with Crippen molar-refractivity contribution in [2.24, 2.45) is 0 Å². The monoisotopic (exact) mass is 597 g/mol. The number of sulfone groups is 1. The van der Waals surface area contributed by atoms with Crippen LogP contribution in [0.1, 0.15) is 23.3 Å². The molecular formula is C28H31F4N3O3S2. The number of rotatable bonds is 9. The van der Waals surface area contributed by atoms with Crippen LogP contribution in [0.25, 0.3) is 10.1 Å². The maximum absolute atomic E-state index is 13.6. The van der Waals surface area contributed by atoms with Crippen LogP contribution in [0.15, 0.2) is 41.3 Å². The van der Waals surface area contributed by atoms with Crippen LogP contribution < -0.4 is 20.3 Å². The molecule has 4 rings (SSSR count). The van der Waals surface area contributed by atoms with Crippen molar-refractivity contribution >= 4 is 42.6 Å². The van der Waals surface area contributed by atoms with Gasteiger partial charge in [0.25, 0.3) is 0 Å². The fourth-order valence-electron chi connectivity index (χ4n) is 4.78. The Hall–Kier alpha value is -3.01. The number of hydrogen-bond donors (Lipinski definition) is 2. The first-order valence-corrected chi connectivity index (χ1v) is 15.5. The summed E-state index contributed by atoms with van der Waals surface area (Å²) in [5.74, 6) is 6.17. The number of anilines is 2. The number of methoxy groups -OCH3 is 1. The summed E-state index contributed by atoms with van der Waals surface area (Å²) in [5, 5.41) is 6.79. The second kappa shape index (κ2) is 12.7. The summed E-state index contributed by atoms with van der Waals surface area (Å²) < 4.78 is 82.9. The number of hydrogen-bond acceptors (Lipinski definition) is 7. The van der Waals surface area contributed by atoms with E-state index in [2.05, 4.69) is 27.4 Å². The van der Waals surface area contributed by atoms with Gasteiger partial charge in [0.15, 0.2) is 9.84 Å². The first-order chi connectivity index (χ1) is 19.0. The smallest absolute Gasteiger partial charge is 0.393 e. The van der Waals surface area contributed by atoms with Gasteiger partial charge in [-0.2, -0.15) is 13.2 Å². The zero-order valence-electron chi connectivity index (χ0n) is 22.2. The fraction of sp³-hybridized carbons (Fsp3) is 0.429. The van der Waals surface area contributed by atoms with E-state index in [1.54, 1.807) is 18.2 Å². The molecule has 0 atom stereocenters. The number of halogens is 4. The van der Waals surface area contributed by atoms with E-state index in [1.807, 2.05) is 6.07 Å². The highest BCUT2D eigenvalue weighted by Gasteiger charge is 2.31. The fourth-order valence-corrected chi connectivity index (χ4v) is 6.65. The Labute approximate surface area is 235 Å². The minimum absolute atomic E-state index is 0.110. The normalized spacial score (nSPS) is 14.7. The largest absolute Gasteiger partial charge is 0.495 e. The quantitative estimate of drug-likeness (QED) is 0.254. The van der Waals surface area contributed by atoms with E-state index in [9.17, 15) is 26.0 Å². The molecule has 0 spiro atoms. The number of alkyl halides is 4. The predicted molar refractivity (Wildman–Crippen MR) is 152 cm³/mol. The van der Waals surface area contributed by atoms with Crippen LogP contribution in [0, 0.1) is 11.8 Å². The minimum atomic E-state index is -4.39. The second-order valence-electron chi connectivity index (χ2n) is 9.55. The van der Waals surface area contributed by atoms with Crippen molar-refractivity contribution in [1.29, 1.82) is 0 Å². The Bertz CT molecular complexity index is 1500. The molecule has 2 heterocycles. The van der Waals surface area contributed by atoms with Crippen molar-refractivity contribution in [2.45, 2.75) is 36.4 Å². The molecule has 1 saturated heterocycles. The first-order valence-electron chi connectivity index (χ1n) is 12.8. The van der Waals surface area contributed by atoms with Gasteiger partial charge in [-0.25, -0.2) is 12.8 Å². The SMILES string of the molecule is COc1cc(S(C)(=O)=O)ccc1NCC#Cc1sc2c(N3CCC(NCCF)CC3)cccc2c1CC(F)(F)F. The number of ether oxygens (including phenoxy) is 1. The summed E-state index contributed by atoms with van der Waals surface area (Å²) in [4.78, 5) is 2.65. The number of nitrogens with one attached hydrogen (secondary N) is 2. The highest BCUT2D eigenvalue weighted by Crippen LogP contribution is 2.40. The van der Waals surface area contributed by atoms with E-state index in [0.29, 0.717) is 28.2 Å². The van der Waals surface area contributed by atoms with Crippen molar-refractivity contribution < 1.29 is 30.7 Å². The highest BCUT2D eigenvalue weighted by molar-refractivity contribution is 7.90. The standard InChI is InChI=1S/C28H31F4N3O3S2/c1-38-25-17-20(40(2,36)37)8-9-23(25)34-13-4-7-26-22(18-28(30,31)32)21-5-3-6-24(27(21)39-26)35-15-10-19(11-16-35)33-14-12-29/h3,5-6,8-9,17,19,33-34H,10-16,18H2,1-2H3. The van der Waals surface area contributed by atoms with Crippen LogP contribution in [-0.2, 0) is 16.3 Å². The third-order valence-electron chi connectivity index (χ3n) is 6.71. The molecule has 3 aromatic rings. The molecule has 0 saturated carbocycles. The predicted octanol–water partition coefficient (Wildman–Crippen LogP) is 5.41. The number of nitrogens with zero attached hydrogens (tertiary/aromatic N) is 1. The Balaban J connectivity index is 1.58. The van der Waals surface area contributed by atoms with Gasteiger partial charge in [-0.15, -0.1) is 11.3 Å². The van der Waals surface area contributed by atoms with Gasteiger partial charge in [0.1, 0.15) is 12.4 Å². The van der Waals surface area contributed by atoms with Gasteiger partial charge in [0.05, 0.1) is 45.9 Å². The summed E-state index contributed by atoms with van der Waals surface area (Å²) in [7, 11) is -1.99. The lowest BCUT2D eigenvalue weighted by atomic mass is 10.0. The van der Waals surface area contributed by atoms with Crippen LogP contribution in [0.5, 0.6) is 5.75 Å². The topological polar surface area (TPSA) is 70.7 Å². The van der Waals surface area contributed by atoms with Gasteiger partial charge in [-0.05, 0) is 42.0 Å². The first kappa shape index (κ1) is 30.0. The molecule has 0 bridgehead atoms. The molecule has 0 aliphatic carbocycles. The van der Waals surface area contributed by atoms with Crippen molar-refractivity contribution in [1.82, 2.24) is 5.32 Å². The Morgan fingerprint density at radius 3 is 2.58 bits per heavy atom. The Morgan fingerprint density at radius 2 is 1.93 bits per heavy atom. The van der Waals surface area contributed by atoms with E-state index in [-0.39, 0.29) is 23.0 Å². The summed E-state index contributed by atoms with van der Waals surface area (Å²) in [5.41, 5.74) is 1.57. The molecule has 40 heavy (non-hydrogen) atoms. The lowest BCUT2D eigenvalue weighted by molar-refractivity contribution is -0.126. The summed E-state index contributed by atoms with van der Waals surface area (Å²) >= 11 is 1.26. The number of benzene rings is 2. The van der Waals surface area contributed by atoms with Gasteiger partial charge in [-0.1, -0.05) is 24.0 Å². The van der Waals surface area contributed by atoms with Gasteiger partial charge >= 0.3 is 6.18 Å². The molecule has 0 radical (unpaired) electrons. The van der Waals surface area contributed by atoms with E-state index < -0.39 is 29.1 Å². The molecular weight excluding hydrogens is 566 g/mol. The van der Waals surface area contributed by atoms with E-state index in [1.165, 1.54) is 30.6 Å². The van der Waals surface area contributed by atoms with E-state index in [0.717, 1.165) is 42.6 Å². The third-order valence-corrected chi connectivity index (χ3v) is 9.00. The maximum atomic E-state index is 13.6. The van der Waals surface area contributed by atoms with Crippen LogP contribution in [0.2, 0.25) is 0 Å². The molecule has 2 aromatic carbocycles. The van der Waals surface area contributed by atoms with E-state index in [4.69, 9.17) is 4.74 Å². The van der Waals surface area contributed by atoms with Gasteiger partial charge in [0, 0.05) is 38.0 Å². The molecule has 0 unspecified atom stereocenters. The molecule has 1 aliphatic rings. The van der Waals surface area contributed by atoms with Crippen molar-refractivity contribution in [2.75, 3.05) is 56.4 Å². The highest BCUT2D eigenvalue weighted by atomic mass is 32.2. The van der Waals surface area contributed by atoms with Gasteiger partial charge in [-0.3, -0.25) is 0 Å². The number of piperidine rings is 1. The van der Waals surface area contributed by atoms with Crippen LogP contribution in [0.3, 0.4) is 0 Å². The molecule has 1 fully saturated rings. The zero-order chi connectivity index (χ0) is 28.9. The van der Waals surface area contributed by atoms with E-state index >= 15 is 0 Å². The zero-order valence-corrected chi connectivity index (χ0v) is 23.8. The average Bonchev–Trinajstić information content (AvgIpc) is 3.25. The molecule has 1 aromatic heterocycles. The van der Waals surface area contributed by atoms with Crippen LogP contribution >= 0.6 is 11.3 Å². The summed E-state index contributed by atoms with van der Waals surface area (Å²) in [6.07, 6.45) is -2.73. The Morgan fingerprint density at radius 1 is 1.18 bits per heavy atom. The van der Waals surface area contributed by atoms with Crippen molar-refractivity contribution in [3.63, 3.8) is 0 Å². The lowest BCUT2D eigenvalue weighted by Crippen LogP contribution is -2.43. The maximum Gasteiger partial charge on any atom is 0.393 e. The summed E-state index contributed by atoms with van der Waals surface area (Å²) in [6.45, 7) is 1.46. The second-order valence-corrected chi connectivity index (χ2v) is 12.6. The third kappa shape index (κ3) is 7.38. The number of thiophene rings is 1. The molecule has 2 N–H and O–H groups in total. The lowest BCUT2D eigenvalue weighted by Gasteiger charge is -2.34. The van der Waals surface area contributed by atoms with Crippen LogP contribution in [0.4, 0.5) is 28.9 Å². The minimum Gasteiger partial charge on any atom is -0.495 e. The van der Waals surface area contributed by atoms with Crippen molar-refractivity contribution in [3.8, 4) is 17.6 Å². The summed E-state index contributed by atoms with van der Waals surface area (Å²) in [6, 6.07) is 10.1. The Kier molecular flexibility index (Phi) is 9.48. The molecule has 1 aliphatic heterocycles. The van der Waals surface area contributed by atoms with Gasteiger partial charge in [0.2, 0.25) is 0 Å². The molecule has 12 heteroatoms. The number of fused-ring (bicyclic) bond motifs is 1. The molecule has 0 amide bonds. The molecule has 216 valence electrons. The van der Waals surface area contributed by atoms with Crippen molar-refractivity contribution in [3.05, 3.63) is 46.8 Å². The van der Waals surface area contributed by atoms with Crippen LogP contribution in [-0.4, -0.2) is 66.9 Å².